The second kappa shape index (κ2) is 7.14. The SMILES string of the molecule is CCCC=CCCC(O)(CC)CC. The molecule has 0 atom stereocenters. The van der Waals surface area contributed by atoms with Gasteiger partial charge >= 0.3 is 0 Å². The van der Waals surface area contributed by atoms with Gasteiger partial charge in [0.05, 0.1) is 5.60 Å². The van der Waals surface area contributed by atoms with E-state index in [1.807, 2.05) is 0 Å². The molecule has 13 heavy (non-hydrogen) atoms. The van der Waals surface area contributed by atoms with Crippen molar-refractivity contribution in [1.29, 1.82) is 0 Å². The maximum Gasteiger partial charge on any atom is 0.0645 e. The van der Waals surface area contributed by atoms with E-state index in [1.165, 1.54) is 6.42 Å². The topological polar surface area (TPSA) is 20.2 Å². The standard InChI is InChI=1S/C12H24O/c1-4-7-8-9-10-11-12(13,5-2)6-3/h8-9,13H,4-7,10-11H2,1-3H3. The van der Waals surface area contributed by atoms with Crippen molar-refractivity contribution in [2.45, 2.75) is 64.9 Å². The summed E-state index contributed by atoms with van der Waals surface area (Å²) >= 11 is 0. The molecule has 0 spiro atoms. The molecule has 0 rings (SSSR count). The van der Waals surface area contributed by atoms with Gasteiger partial charge in [0.2, 0.25) is 0 Å². The molecular weight excluding hydrogens is 160 g/mol. The van der Waals surface area contributed by atoms with Gasteiger partial charge in [0, 0.05) is 0 Å². The molecule has 0 fully saturated rings. The zero-order chi connectivity index (χ0) is 10.2. The molecule has 1 heteroatoms. The number of allylic oxidation sites excluding steroid dienone is 2. The average molecular weight is 184 g/mol. The van der Waals surface area contributed by atoms with Gasteiger partial charge in [-0.15, -0.1) is 0 Å². The summed E-state index contributed by atoms with van der Waals surface area (Å²) in [5, 5.41) is 9.95. The molecule has 78 valence electrons. The van der Waals surface area contributed by atoms with Crippen LogP contribution in [0.1, 0.15) is 59.3 Å². The maximum absolute atomic E-state index is 9.95. The molecule has 0 aliphatic rings. The van der Waals surface area contributed by atoms with E-state index >= 15 is 0 Å². The van der Waals surface area contributed by atoms with Crippen molar-refractivity contribution >= 4 is 0 Å². The van der Waals surface area contributed by atoms with Crippen LogP contribution in [-0.2, 0) is 0 Å². The van der Waals surface area contributed by atoms with Crippen molar-refractivity contribution < 1.29 is 5.11 Å². The quantitative estimate of drug-likeness (QED) is 0.598. The maximum atomic E-state index is 9.95. The lowest BCUT2D eigenvalue weighted by Gasteiger charge is -2.24. The Morgan fingerprint density at radius 1 is 1.00 bits per heavy atom. The lowest BCUT2D eigenvalue weighted by molar-refractivity contribution is 0.0246. The third-order valence-electron chi connectivity index (χ3n) is 2.71. The minimum atomic E-state index is -0.420. The highest BCUT2D eigenvalue weighted by Crippen LogP contribution is 2.21. The Morgan fingerprint density at radius 2 is 1.54 bits per heavy atom. The van der Waals surface area contributed by atoms with E-state index in [-0.39, 0.29) is 0 Å². The molecule has 0 aromatic rings. The lowest BCUT2D eigenvalue weighted by atomic mass is 9.92. The Labute approximate surface area is 82.9 Å². The van der Waals surface area contributed by atoms with E-state index in [4.69, 9.17) is 0 Å². The second-order valence-electron chi connectivity index (χ2n) is 3.73. The highest BCUT2D eigenvalue weighted by molar-refractivity contribution is 4.85. The van der Waals surface area contributed by atoms with Crippen LogP contribution in [0.15, 0.2) is 12.2 Å². The number of hydrogen-bond acceptors (Lipinski definition) is 1. The Morgan fingerprint density at radius 3 is 2.00 bits per heavy atom. The van der Waals surface area contributed by atoms with Gasteiger partial charge in [-0.1, -0.05) is 39.3 Å². The van der Waals surface area contributed by atoms with Crippen molar-refractivity contribution in [3.8, 4) is 0 Å². The average Bonchev–Trinajstić information content (AvgIpc) is 2.17. The molecule has 0 bridgehead atoms. The van der Waals surface area contributed by atoms with Crippen LogP contribution in [0.25, 0.3) is 0 Å². The zero-order valence-electron chi connectivity index (χ0n) is 9.34. The van der Waals surface area contributed by atoms with E-state index in [0.717, 1.165) is 32.1 Å². The first-order valence-electron chi connectivity index (χ1n) is 5.56. The van der Waals surface area contributed by atoms with Crippen molar-refractivity contribution in [2.24, 2.45) is 0 Å². The largest absolute Gasteiger partial charge is 0.390 e. The molecule has 0 saturated heterocycles. The van der Waals surface area contributed by atoms with Crippen molar-refractivity contribution in [2.75, 3.05) is 0 Å². The molecule has 0 aromatic heterocycles. The van der Waals surface area contributed by atoms with Crippen LogP contribution in [0, 0.1) is 0 Å². The van der Waals surface area contributed by atoms with Crippen LogP contribution in [0.2, 0.25) is 0 Å². The van der Waals surface area contributed by atoms with Gasteiger partial charge in [0.15, 0.2) is 0 Å². The molecule has 0 aromatic carbocycles. The van der Waals surface area contributed by atoms with Crippen LogP contribution in [-0.4, -0.2) is 10.7 Å². The monoisotopic (exact) mass is 184 g/mol. The molecule has 0 heterocycles. The molecule has 1 nitrogen and oxygen atoms in total. The van der Waals surface area contributed by atoms with E-state index < -0.39 is 5.60 Å². The van der Waals surface area contributed by atoms with E-state index in [2.05, 4.69) is 32.9 Å². The molecule has 0 unspecified atom stereocenters. The summed E-state index contributed by atoms with van der Waals surface area (Å²) in [6.07, 6.45) is 10.4. The smallest absolute Gasteiger partial charge is 0.0645 e. The lowest BCUT2D eigenvalue weighted by Crippen LogP contribution is -2.25. The fourth-order valence-electron chi connectivity index (χ4n) is 1.36. The molecule has 0 aliphatic heterocycles. The van der Waals surface area contributed by atoms with Gasteiger partial charge in [0.25, 0.3) is 0 Å². The second-order valence-corrected chi connectivity index (χ2v) is 3.73. The van der Waals surface area contributed by atoms with Gasteiger partial charge < -0.3 is 5.11 Å². The summed E-state index contributed by atoms with van der Waals surface area (Å²) < 4.78 is 0. The van der Waals surface area contributed by atoms with Crippen molar-refractivity contribution in [3.63, 3.8) is 0 Å². The van der Waals surface area contributed by atoms with Crippen LogP contribution < -0.4 is 0 Å². The van der Waals surface area contributed by atoms with Crippen LogP contribution >= 0.6 is 0 Å². The van der Waals surface area contributed by atoms with Gasteiger partial charge in [-0.25, -0.2) is 0 Å². The number of unbranched alkanes of at least 4 members (excludes halogenated alkanes) is 1. The predicted octanol–water partition coefficient (Wildman–Crippen LogP) is 3.67. The highest BCUT2D eigenvalue weighted by Gasteiger charge is 2.20. The number of rotatable bonds is 7. The van der Waals surface area contributed by atoms with Crippen LogP contribution in [0.3, 0.4) is 0 Å². The molecule has 0 aliphatic carbocycles. The summed E-state index contributed by atoms with van der Waals surface area (Å²) in [6.45, 7) is 6.29. The van der Waals surface area contributed by atoms with E-state index in [1.54, 1.807) is 0 Å². The minimum absolute atomic E-state index is 0.420. The van der Waals surface area contributed by atoms with Crippen molar-refractivity contribution in [3.05, 3.63) is 12.2 Å². The fourth-order valence-corrected chi connectivity index (χ4v) is 1.36. The number of aliphatic hydroxyl groups is 1. The minimum Gasteiger partial charge on any atom is -0.390 e. The summed E-state index contributed by atoms with van der Waals surface area (Å²) in [6, 6.07) is 0. The summed E-state index contributed by atoms with van der Waals surface area (Å²) in [4.78, 5) is 0. The van der Waals surface area contributed by atoms with E-state index in [9.17, 15) is 5.11 Å². The third-order valence-corrected chi connectivity index (χ3v) is 2.71. The fraction of sp³-hybridized carbons (Fsp3) is 0.833. The first-order valence-corrected chi connectivity index (χ1v) is 5.56. The predicted molar refractivity (Wildman–Crippen MR) is 58.8 cm³/mol. The molecule has 1 N–H and O–H groups in total. The molecule has 0 saturated carbocycles. The zero-order valence-corrected chi connectivity index (χ0v) is 9.34. The Bertz CT molecular complexity index is 134. The Hall–Kier alpha value is -0.300. The van der Waals surface area contributed by atoms with Crippen LogP contribution in [0.5, 0.6) is 0 Å². The number of hydrogen-bond donors (Lipinski definition) is 1. The highest BCUT2D eigenvalue weighted by atomic mass is 16.3. The van der Waals surface area contributed by atoms with Gasteiger partial charge in [0.1, 0.15) is 0 Å². The van der Waals surface area contributed by atoms with Gasteiger partial charge in [-0.05, 0) is 32.1 Å². The first-order chi connectivity index (χ1) is 6.18. The molecular formula is C12H24O. The normalized spacial score (nSPS) is 12.6. The van der Waals surface area contributed by atoms with Crippen molar-refractivity contribution in [1.82, 2.24) is 0 Å². The summed E-state index contributed by atoms with van der Waals surface area (Å²) in [7, 11) is 0. The summed E-state index contributed by atoms with van der Waals surface area (Å²) in [5.41, 5.74) is -0.420. The first kappa shape index (κ1) is 12.7. The Balaban J connectivity index is 3.61. The summed E-state index contributed by atoms with van der Waals surface area (Å²) in [5.74, 6) is 0. The van der Waals surface area contributed by atoms with Crippen LogP contribution in [0.4, 0.5) is 0 Å². The van der Waals surface area contributed by atoms with E-state index in [0.29, 0.717) is 0 Å². The Kier molecular flexibility index (Phi) is 6.97. The molecule has 0 radical (unpaired) electrons. The molecule has 0 amide bonds. The van der Waals surface area contributed by atoms with Gasteiger partial charge in [-0.3, -0.25) is 0 Å². The van der Waals surface area contributed by atoms with Gasteiger partial charge in [-0.2, -0.15) is 0 Å². The third kappa shape index (κ3) is 5.87.